The quantitative estimate of drug-likeness (QED) is 0.894. The van der Waals surface area contributed by atoms with Gasteiger partial charge in [0.15, 0.2) is 11.5 Å². The highest BCUT2D eigenvalue weighted by Gasteiger charge is 2.29. The molecular weight excluding hydrogens is 312 g/mol. The van der Waals surface area contributed by atoms with E-state index in [0.717, 1.165) is 12.8 Å². The topological polar surface area (TPSA) is 77.1 Å². The molecule has 0 radical (unpaired) electrons. The van der Waals surface area contributed by atoms with Crippen LogP contribution in [0.15, 0.2) is 18.2 Å². The normalized spacial score (nSPS) is 17.1. The number of piperidine rings is 1. The molecule has 1 N–H and O–H groups in total. The Morgan fingerprint density at radius 1 is 1.25 bits per heavy atom. The van der Waals surface area contributed by atoms with Gasteiger partial charge in [0.2, 0.25) is 5.91 Å². The van der Waals surface area contributed by atoms with Gasteiger partial charge in [0.05, 0.1) is 26.7 Å². The van der Waals surface area contributed by atoms with Crippen molar-refractivity contribution >= 4 is 17.7 Å². The van der Waals surface area contributed by atoms with E-state index in [1.165, 1.54) is 0 Å². The second-order valence-electron chi connectivity index (χ2n) is 5.54. The van der Waals surface area contributed by atoms with Gasteiger partial charge in [0, 0.05) is 24.8 Å². The monoisotopic (exact) mass is 336 g/mol. The third-order valence-corrected chi connectivity index (χ3v) is 3.97. The van der Waals surface area contributed by atoms with Crippen LogP contribution < -0.4 is 14.8 Å². The van der Waals surface area contributed by atoms with Crippen molar-refractivity contribution < 1.29 is 23.8 Å². The van der Waals surface area contributed by atoms with Gasteiger partial charge in [-0.2, -0.15) is 0 Å². The number of rotatable bonds is 5. The second-order valence-corrected chi connectivity index (χ2v) is 5.54. The SMILES string of the molecule is CCOC(=O)N1CCC[C@@H](C(=O)Nc2ccc(OC)c(OC)c2)C1. The number of amides is 2. The van der Waals surface area contributed by atoms with Gasteiger partial charge in [-0.25, -0.2) is 4.79 Å². The first-order valence-electron chi connectivity index (χ1n) is 8.03. The van der Waals surface area contributed by atoms with Crippen LogP contribution in [0.1, 0.15) is 19.8 Å². The third kappa shape index (κ3) is 4.31. The summed E-state index contributed by atoms with van der Waals surface area (Å²) in [6.07, 6.45) is 1.17. The van der Waals surface area contributed by atoms with Crippen LogP contribution in [-0.2, 0) is 9.53 Å². The van der Waals surface area contributed by atoms with E-state index in [0.29, 0.717) is 36.9 Å². The molecule has 7 nitrogen and oxygen atoms in total. The van der Waals surface area contributed by atoms with Crippen LogP contribution in [0, 0.1) is 5.92 Å². The van der Waals surface area contributed by atoms with E-state index < -0.39 is 0 Å². The summed E-state index contributed by atoms with van der Waals surface area (Å²) in [5, 5.41) is 2.88. The first-order valence-corrected chi connectivity index (χ1v) is 8.03. The van der Waals surface area contributed by atoms with Crippen molar-refractivity contribution in [3.63, 3.8) is 0 Å². The maximum atomic E-state index is 12.5. The molecule has 0 aliphatic carbocycles. The molecule has 2 amide bonds. The number of anilines is 1. The first kappa shape index (κ1) is 17.9. The molecule has 1 aromatic rings. The molecule has 2 rings (SSSR count). The number of methoxy groups -OCH3 is 2. The van der Waals surface area contributed by atoms with Crippen molar-refractivity contribution in [2.75, 3.05) is 39.2 Å². The Morgan fingerprint density at radius 2 is 2.00 bits per heavy atom. The van der Waals surface area contributed by atoms with Gasteiger partial charge in [0.25, 0.3) is 0 Å². The Hall–Kier alpha value is -2.44. The van der Waals surface area contributed by atoms with Gasteiger partial charge < -0.3 is 24.4 Å². The standard InChI is InChI=1S/C17H24N2O5/c1-4-24-17(21)19-9-5-6-12(11-19)16(20)18-13-7-8-14(22-2)15(10-13)23-3/h7-8,10,12H,4-6,9,11H2,1-3H3,(H,18,20)/t12-/m1/s1. The zero-order chi connectivity index (χ0) is 17.5. The molecule has 0 spiro atoms. The molecule has 1 aliphatic rings. The van der Waals surface area contributed by atoms with E-state index in [-0.39, 0.29) is 17.9 Å². The van der Waals surface area contributed by atoms with E-state index in [4.69, 9.17) is 14.2 Å². The molecule has 1 aliphatic heterocycles. The maximum Gasteiger partial charge on any atom is 0.409 e. The number of carbonyl (C=O) groups excluding carboxylic acids is 2. The van der Waals surface area contributed by atoms with Crippen LogP contribution in [0.3, 0.4) is 0 Å². The smallest absolute Gasteiger partial charge is 0.409 e. The Labute approximate surface area is 141 Å². The number of nitrogens with zero attached hydrogens (tertiary/aromatic N) is 1. The molecule has 1 fully saturated rings. The minimum absolute atomic E-state index is 0.115. The van der Waals surface area contributed by atoms with E-state index >= 15 is 0 Å². The van der Waals surface area contributed by atoms with Crippen LogP contribution in [0.5, 0.6) is 11.5 Å². The average Bonchev–Trinajstić information content (AvgIpc) is 2.61. The molecule has 1 heterocycles. The molecular formula is C17H24N2O5. The first-order chi connectivity index (χ1) is 11.6. The van der Waals surface area contributed by atoms with Crippen LogP contribution in [0.25, 0.3) is 0 Å². The second kappa shape index (κ2) is 8.42. The lowest BCUT2D eigenvalue weighted by Gasteiger charge is -2.31. The van der Waals surface area contributed by atoms with E-state index in [9.17, 15) is 9.59 Å². The fourth-order valence-electron chi connectivity index (χ4n) is 2.73. The number of hydrogen-bond donors (Lipinski definition) is 1. The molecule has 0 saturated carbocycles. The maximum absolute atomic E-state index is 12.5. The average molecular weight is 336 g/mol. The van der Waals surface area contributed by atoms with Crippen molar-refractivity contribution in [2.45, 2.75) is 19.8 Å². The highest BCUT2D eigenvalue weighted by Crippen LogP contribution is 2.30. The Kier molecular flexibility index (Phi) is 6.28. The molecule has 132 valence electrons. The van der Waals surface area contributed by atoms with Crippen molar-refractivity contribution in [1.82, 2.24) is 4.90 Å². The summed E-state index contributed by atoms with van der Waals surface area (Å²) in [6, 6.07) is 5.20. The molecule has 1 atom stereocenters. The van der Waals surface area contributed by atoms with Crippen molar-refractivity contribution in [3.05, 3.63) is 18.2 Å². The van der Waals surface area contributed by atoms with Gasteiger partial charge in [-0.15, -0.1) is 0 Å². The summed E-state index contributed by atoms with van der Waals surface area (Å²) in [7, 11) is 3.10. The summed E-state index contributed by atoms with van der Waals surface area (Å²) in [4.78, 5) is 25.9. The summed E-state index contributed by atoms with van der Waals surface area (Å²) in [6.45, 7) is 3.10. The fourth-order valence-corrected chi connectivity index (χ4v) is 2.73. The number of hydrogen-bond acceptors (Lipinski definition) is 5. The van der Waals surface area contributed by atoms with Crippen LogP contribution >= 0.6 is 0 Å². The number of carbonyl (C=O) groups is 2. The van der Waals surface area contributed by atoms with Gasteiger partial charge in [-0.3, -0.25) is 4.79 Å². The van der Waals surface area contributed by atoms with Crippen LogP contribution in [-0.4, -0.2) is 50.8 Å². The molecule has 0 bridgehead atoms. The Balaban J connectivity index is 2.00. The van der Waals surface area contributed by atoms with Crippen LogP contribution in [0.4, 0.5) is 10.5 Å². The van der Waals surface area contributed by atoms with Gasteiger partial charge in [0.1, 0.15) is 0 Å². The number of benzene rings is 1. The predicted octanol–water partition coefficient (Wildman–Crippen LogP) is 2.51. The minimum Gasteiger partial charge on any atom is -0.493 e. The summed E-state index contributed by atoms with van der Waals surface area (Å²) in [5.41, 5.74) is 0.630. The van der Waals surface area contributed by atoms with Crippen molar-refractivity contribution in [1.29, 1.82) is 0 Å². The zero-order valence-electron chi connectivity index (χ0n) is 14.3. The molecule has 24 heavy (non-hydrogen) atoms. The molecule has 0 unspecified atom stereocenters. The largest absolute Gasteiger partial charge is 0.493 e. The van der Waals surface area contributed by atoms with Crippen LogP contribution in [0.2, 0.25) is 0 Å². The van der Waals surface area contributed by atoms with Gasteiger partial charge in [-0.1, -0.05) is 0 Å². The molecule has 0 aromatic heterocycles. The zero-order valence-corrected chi connectivity index (χ0v) is 14.3. The van der Waals surface area contributed by atoms with Crippen molar-refractivity contribution in [2.24, 2.45) is 5.92 Å². The highest BCUT2D eigenvalue weighted by atomic mass is 16.6. The minimum atomic E-state index is -0.360. The van der Waals surface area contributed by atoms with E-state index in [1.54, 1.807) is 44.2 Å². The Morgan fingerprint density at radius 3 is 2.67 bits per heavy atom. The molecule has 1 aromatic carbocycles. The molecule has 7 heteroatoms. The molecule has 1 saturated heterocycles. The number of likely N-dealkylation sites (tertiary alicyclic amines) is 1. The van der Waals surface area contributed by atoms with Gasteiger partial charge in [-0.05, 0) is 31.9 Å². The number of ether oxygens (including phenoxy) is 3. The lowest BCUT2D eigenvalue weighted by atomic mass is 9.97. The van der Waals surface area contributed by atoms with E-state index in [1.807, 2.05) is 0 Å². The van der Waals surface area contributed by atoms with E-state index in [2.05, 4.69) is 5.32 Å². The summed E-state index contributed by atoms with van der Waals surface area (Å²) < 4.78 is 15.4. The van der Waals surface area contributed by atoms with Gasteiger partial charge >= 0.3 is 6.09 Å². The number of nitrogens with one attached hydrogen (secondary N) is 1. The lowest BCUT2D eigenvalue weighted by Crippen LogP contribution is -2.44. The summed E-state index contributed by atoms with van der Waals surface area (Å²) in [5.74, 6) is 0.779. The highest BCUT2D eigenvalue weighted by molar-refractivity contribution is 5.93. The Bertz CT molecular complexity index is 590. The third-order valence-electron chi connectivity index (χ3n) is 3.97. The lowest BCUT2D eigenvalue weighted by molar-refractivity contribution is -0.121. The van der Waals surface area contributed by atoms with Crippen molar-refractivity contribution in [3.8, 4) is 11.5 Å². The summed E-state index contributed by atoms with van der Waals surface area (Å²) >= 11 is 0. The predicted molar refractivity (Wildman–Crippen MR) is 89.5 cm³/mol. The fraction of sp³-hybridized carbons (Fsp3) is 0.529.